The number of rotatable bonds is 6. The van der Waals surface area contributed by atoms with E-state index in [4.69, 9.17) is 5.11 Å². The Balaban J connectivity index is 2.12. The number of carbonyl (C=O) groups is 1. The van der Waals surface area contributed by atoms with Crippen molar-refractivity contribution in [3.8, 4) is 11.1 Å². The smallest absolute Gasteiger partial charge is 0.254 e. The van der Waals surface area contributed by atoms with Crippen LogP contribution in [-0.2, 0) is 0 Å². The SMILES string of the molecule is CC(CCCO)NC(=O)c1ccc(-c2ccc(F)cc2)cc1F. The zero-order valence-electron chi connectivity index (χ0n) is 12.9. The molecule has 2 N–H and O–H groups in total. The van der Waals surface area contributed by atoms with Gasteiger partial charge in [-0.3, -0.25) is 4.79 Å². The molecule has 2 aromatic carbocycles. The summed E-state index contributed by atoms with van der Waals surface area (Å²) in [5.74, 6) is -1.47. The highest BCUT2D eigenvalue weighted by Gasteiger charge is 2.15. The van der Waals surface area contributed by atoms with Crippen LogP contribution in [0.1, 0.15) is 30.1 Å². The fraction of sp³-hybridized carbons (Fsp3) is 0.278. The first-order chi connectivity index (χ1) is 11.0. The van der Waals surface area contributed by atoms with E-state index in [1.165, 1.54) is 24.3 Å². The first kappa shape index (κ1) is 17.1. The summed E-state index contributed by atoms with van der Waals surface area (Å²) >= 11 is 0. The van der Waals surface area contributed by atoms with E-state index in [-0.39, 0.29) is 24.0 Å². The number of hydrogen-bond donors (Lipinski definition) is 2. The lowest BCUT2D eigenvalue weighted by Crippen LogP contribution is -2.33. The Hall–Kier alpha value is -2.27. The molecule has 0 radical (unpaired) electrons. The van der Waals surface area contributed by atoms with Gasteiger partial charge in [-0.1, -0.05) is 18.2 Å². The van der Waals surface area contributed by atoms with Crippen molar-refractivity contribution >= 4 is 5.91 Å². The zero-order chi connectivity index (χ0) is 16.8. The summed E-state index contributed by atoms with van der Waals surface area (Å²) in [5, 5.41) is 11.5. The van der Waals surface area contributed by atoms with Crippen molar-refractivity contribution in [1.29, 1.82) is 0 Å². The Morgan fingerprint density at radius 3 is 2.39 bits per heavy atom. The summed E-state index contributed by atoms with van der Waals surface area (Å²) in [6, 6.07) is 9.88. The minimum atomic E-state index is -0.626. The maximum absolute atomic E-state index is 14.2. The molecule has 0 fully saturated rings. The quantitative estimate of drug-likeness (QED) is 0.856. The molecule has 1 unspecified atom stereocenters. The first-order valence-corrected chi connectivity index (χ1v) is 7.48. The molecule has 2 aromatic rings. The second kappa shape index (κ2) is 7.83. The molecule has 2 rings (SSSR count). The van der Waals surface area contributed by atoms with E-state index < -0.39 is 11.7 Å². The van der Waals surface area contributed by atoms with E-state index in [0.717, 1.165) is 0 Å². The Morgan fingerprint density at radius 1 is 1.13 bits per heavy atom. The van der Waals surface area contributed by atoms with Crippen LogP contribution in [0.2, 0.25) is 0 Å². The lowest BCUT2D eigenvalue weighted by molar-refractivity contribution is 0.0932. The van der Waals surface area contributed by atoms with Crippen molar-refractivity contribution < 1.29 is 18.7 Å². The van der Waals surface area contributed by atoms with Gasteiger partial charge in [-0.2, -0.15) is 0 Å². The molecule has 0 spiro atoms. The van der Waals surface area contributed by atoms with Crippen LogP contribution >= 0.6 is 0 Å². The highest BCUT2D eigenvalue weighted by atomic mass is 19.1. The van der Waals surface area contributed by atoms with Crippen LogP contribution in [-0.4, -0.2) is 23.7 Å². The van der Waals surface area contributed by atoms with Crippen LogP contribution in [0.3, 0.4) is 0 Å². The summed E-state index contributed by atoms with van der Waals surface area (Å²) in [6.07, 6.45) is 1.20. The molecule has 5 heteroatoms. The summed E-state index contributed by atoms with van der Waals surface area (Å²) in [4.78, 5) is 12.1. The second-order valence-electron chi connectivity index (χ2n) is 5.44. The minimum absolute atomic E-state index is 0.0355. The number of amides is 1. The van der Waals surface area contributed by atoms with Gasteiger partial charge in [-0.25, -0.2) is 8.78 Å². The van der Waals surface area contributed by atoms with Crippen LogP contribution < -0.4 is 5.32 Å². The van der Waals surface area contributed by atoms with Gasteiger partial charge >= 0.3 is 0 Å². The molecule has 0 aliphatic carbocycles. The molecule has 0 aliphatic heterocycles. The molecular weight excluding hydrogens is 300 g/mol. The van der Waals surface area contributed by atoms with Crippen LogP contribution in [0.5, 0.6) is 0 Å². The van der Waals surface area contributed by atoms with Gasteiger partial charge in [0.15, 0.2) is 0 Å². The van der Waals surface area contributed by atoms with Crippen molar-refractivity contribution in [2.24, 2.45) is 0 Å². The van der Waals surface area contributed by atoms with Gasteiger partial charge in [0.2, 0.25) is 0 Å². The number of halogens is 2. The Bertz CT molecular complexity index is 671. The molecule has 0 bridgehead atoms. The Kier molecular flexibility index (Phi) is 5.82. The molecule has 122 valence electrons. The summed E-state index contributed by atoms with van der Waals surface area (Å²) in [6.45, 7) is 1.86. The van der Waals surface area contributed by atoms with E-state index in [2.05, 4.69) is 5.32 Å². The Labute approximate surface area is 134 Å². The number of aliphatic hydroxyl groups is 1. The van der Waals surface area contributed by atoms with Gasteiger partial charge in [0.25, 0.3) is 5.91 Å². The van der Waals surface area contributed by atoms with E-state index >= 15 is 0 Å². The number of hydrogen-bond acceptors (Lipinski definition) is 2. The summed E-state index contributed by atoms with van der Waals surface area (Å²) in [5.41, 5.74) is 1.22. The molecule has 3 nitrogen and oxygen atoms in total. The topological polar surface area (TPSA) is 49.3 Å². The molecule has 0 aliphatic rings. The minimum Gasteiger partial charge on any atom is -0.396 e. The first-order valence-electron chi connectivity index (χ1n) is 7.48. The lowest BCUT2D eigenvalue weighted by atomic mass is 10.0. The van der Waals surface area contributed by atoms with Crippen LogP contribution in [0.4, 0.5) is 8.78 Å². The number of carbonyl (C=O) groups excluding carboxylic acids is 1. The molecule has 0 heterocycles. The predicted octanol–water partition coefficient (Wildman–Crippen LogP) is 3.52. The maximum atomic E-state index is 14.2. The molecule has 1 amide bonds. The standard InChI is InChI=1S/C18H19F2NO2/c1-12(3-2-10-22)21-18(23)16-9-6-14(11-17(16)20)13-4-7-15(19)8-5-13/h4-9,11-12,22H,2-3,10H2,1H3,(H,21,23). The Morgan fingerprint density at radius 2 is 1.78 bits per heavy atom. The molecule has 0 saturated heterocycles. The fourth-order valence-electron chi connectivity index (χ4n) is 2.29. The van der Waals surface area contributed by atoms with Crippen molar-refractivity contribution in [3.63, 3.8) is 0 Å². The van der Waals surface area contributed by atoms with Crippen LogP contribution in [0.15, 0.2) is 42.5 Å². The number of benzene rings is 2. The monoisotopic (exact) mass is 319 g/mol. The molecule has 23 heavy (non-hydrogen) atoms. The fourth-order valence-corrected chi connectivity index (χ4v) is 2.29. The molecule has 1 atom stereocenters. The predicted molar refractivity (Wildman–Crippen MR) is 85.0 cm³/mol. The zero-order valence-corrected chi connectivity index (χ0v) is 12.9. The van der Waals surface area contributed by atoms with Crippen LogP contribution in [0, 0.1) is 11.6 Å². The van der Waals surface area contributed by atoms with Gasteiger partial charge in [0.1, 0.15) is 11.6 Å². The average Bonchev–Trinajstić information content (AvgIpc) is 2.53. The second-order valence-corrected chi connectivity index (χ2v) is 5.44. The van der Waals surface area contributed by atoms with Gasteiger partial charge in [-0.05, 0) is 55.2 Å². The number of nitrogens with one attached hydrogen (secondary N) is 1. The molecular formula is C18H19F2NO2. The average molecular weight is 319 g/mol. The third kappa shape index (κ3) is 4.60. The van der Waals surface area contributed by atoms with E-state index in [0.29, 0.717) is 24.0 Å². The van der Waals surface area contributed by atoms with E-state index in [9.17, 15) is 13.6 Å². The van der Waals surface area contributed by atoms with Crippen molar-refractivity contribution in [1.82, 2.24) is 5.32 Å². The maximum Gasteiger partial charge on any atom is 0.254 e. The van der Waals surface area contributed by atoms with Gasteiger partial charge in [0.05, 0.1) is 5.56 Å². The molecule has 0 saturated carbocycles. The third-order valence-electron chi connectivity index (χ3n) is 3.56. The highest BCUT2D eigenvalue weighted by Crippen LogP contribution is 2.22. The van der Waals surface area contributed by atoms with Gasteiger partial charge in [0, 0.05) is 12.6 Å². The van der Waals surface area contributed by atoms with Crippen molar-refractivity contribution in [3.05, 3.63) is 59.7 Å². The lowest BCUT2D eigenvalue weighted by Gasteiger charge is -2.14. The van der Waals surface area contributed by atoms with E-state index in [1.54, 1.807) is 25.1 Å². The van der Waals surface area contributed by atoms with Gasteiger partial charge in [-0.15, -0.1) is 0 Å². The van der Waals surface area contributed by atoms with Crippen LogP contribution in [0.25, 0.3) is 11.1 Å². The highest BCUT2D eigenvalue weighted by molar-refractivity contribution is 5.95. The van der Waals surface area contributed by atoms with E-state index in [1.807, 2.05) is 0 Å². The summed E-state index contributed by atoms with van der Waals surface area (Å²) < 4.78 is 27.1. The third-order valence-corrected chi connectivity index (χ3v) is 3.56. The largest absolute Gasteiger partial charge is 0.396 e. The normalized spacial score (nSPS) is 12.0. The van der Waals surface area contributed by atoms with Crippen molar-refractivity contribution in [2.75, 3.05) is 6.61 Å². The molecule has 0 aromatic heterocycles. The van der Waals surface area contributed by atoms with Gasteiger partial charge < -0.3 is 10.4 Å². The van der Waals surface area contributed by atoms with Crippen molar-refractivity contribution in [2.45, 2.75) is 25.8 Å². The number of aliphatic hydroxyl groups excluding tert-OH is 1. The summed E-state index contributed by atoms with van der Waals surface area (Å²) in [7, 11) is 0.